The maximum absolute atomic E-state index is 8.77. The highest BCUT2D eigenvalue weighted by molar-refractivity contribution is 4.59. The summed E-state index contributed by atoms with van der Waals surface area (Å²) in [5.41, 5.74) is 0. The van der Waals surface area contributed by atoms with E-state index in [4.69, 9.17) is 5.11 Å². The molecule has 0 spiro atoms. The van der Waals surface area contributed by atoms with Crippen LogP contribution >= 0.6 is 0 Å². The molecule has 1 nitrogen and oxygen atoms in total. The molecular formula is C9H20O. The van der Waals surface area contributed by atoms with Crippen molar-refractivity contribution in [2.45, 2.75) is 40.0 Å². The molecule has 0 aliphatic carbocycles. The first-order chi connectivity index (χ1) is 4.74. The van der Waals surface area contributed by atoms with Crippen LogP contribution in [0.2, 0.25) is 0 Å². The fourth-order valence-corrected chi connectivity index (χ4v) is 1.27. The Bertz CT molecular complexity index is 67.1. The lowest BCUT2D eigenvalue weighted by atomic mass is 9.92. The third kappa shape index (κ3) is 3.89. The molecule has 0 aromatic carbocycles. The van der Waals surface area contributed by atoms with Crippen LogP contribution in [0.4, 0.5) is 0 Å². The first kappa shape index (κ1) is 9.96. The van der Waals surface area contributed by atoms with E-state index in [1.807, 2.05) is 0 Å². The molecule has 0 fully saturated rings. The second-order valence-electron chi connectivity index (χ2n) is 3.21. The number of aliphatic hydroxyl groups is 1. The van der Waals surface area contributed by atoms with Gasteiger partial charge in [0.05, 0.1) is 0 Å². The Morgan fingerprint density at radius 3 is 2.00 bits per heavy atom. The zero-order valence-corrected chi connectivity index (χ0v) is 7.43. The van der Waals surface area contributed by atoms with Gasteiger partial charge in [0.2, 0.25) is 0 Å². The van der Waals surface area contributed by atoms with Gasteiger partial charge in [-0.05, 0) is 18.3 Å². The van der Waals surface area contributed by atoms with E-state index in [9.17, 15) is 0 Å². The molecule has 62 valence electrons. The van der Waals surface area contributed by atoms with Crippen molar-refractivity contribution in [2.75, 3.05) is 6.61 Å². The molecule has 0 aliphatic rings. The molecule has 1 heteroatoms. The van der Waals surface area contributed by atoms with Crippen molar-refractivity contribution in [3.05, 3.63) is 0 Å². The molecule has 0 bridgehead atoms. The van der Waals surface area contributed by atoms with Gasteiger partial charge in [0.25, 0.3) is 0 Å². The highest BCUT2D eigenvalue weighted by Gasteiger charge is 2.07. The van der Waals surface area contributed by atoms with E-state index in [1.165, 1.54) is 19.3 Å². The first-order valence-electron chi connectivity index (χ1n) is 4.35. The maximum atomic E-state index is 8.77. The molecule has 0 amide bonds. The zero-order valence-electron chi connectivity index (χ0n) is 7.43. The second kappa shape index (κ2) is 5.72. The van der Waals surface area contributed by atoms with Crippen LogP contribution in [0.5, 0.6) is 0 Å². The minimum atomic E-state index is 0.344. The van der Waals surface area contributed by atoms with Crippen LogP contribution in [0.15, 0.2) is 0 Å². The Hall–Kier alpha value is -0.0400. The van der Waals surface area contributed by atoms with Gasteiger partial charge in [-0.1, -0.05) is 33.6 Å². The highest BCUT2D eigenvalue weighted by atomic mass is 16.3. The monoisotopic (exact) mass is 144 g/mol. The van der Waals surface area contributed by atoms with Crippen LogP contribution in [0.25, 0.3) is 0 Å². The summed E-state index contributed by atoms with van der Waals surface area (Å²) in [6, 6.07) is 0. The molecule has 0 aliphatic heterocycles. The van der Waals surface area contributed by atoms with Gasteiger partial charge >= 0.3 is 0 Å². The number of rotatable bonds is 5. The van der Waals surface area contributed by atoms with Crippen LogP contribution in [-0.2, 0) is 0 Å². The summed E-state index contributed by atoms with van der Waals surface area (Å²) in [4.78, 5) is 0. The Balaban J connectivity index is 3.41. The summed E-state index contributed by atoms with van der Waals surface area (Å²) in [5, 5.41) is 8.77. The average molecular weight is 144 g/mol. The van der Waals surface area contributed by atoms with Gasteiger partial charge in [-0.3, -0.25) is 0 Å². The van der Waals surface area contributed by atoms with Crippen molar-refractivity contribution < 1.29 is 5.11 Å². The third-order valence-electron chi connectivity index (χ3n) is 2.20. The molecule has 0 aromatic rings. The van der Waals surface area contributed by atoms with Crippen LogP contribution in [0.3, 0.4) is 0 Å². The van der Waals surface area contributed by atoms with Gasteiger partial charge in [-0.25, -0.2) is 0 Å². The average Bonchev–Trinajstić information content (AvgIpc) is 1.99. The molecule has 0 aromatic heterocycles. The normalized spacial score (nSPS) is 14.1. The SMILES string of the molecule is CCC(CC)CC(C)CO. The van der Waals surface area contributed by atoms with Crippen molar-refractivity contribution in [1.82, 2.24) is 0 Å². The highest BCUT2D eigenvalue weighted by Crippen LogP contribution is 2.17. The van der Waals surface area contributed by atoms with Crippen molar-refractivity contribution in [3.8, 4) is 0 Å². The molecule has 1 N–H and O–H groups in total. The molecule has 1 atom stereocenters. The van der Waals surface area contributed by atoms with E-state index in [-0.39, 0.29) is 0 Å². The lowest BCUT2D eigenvalue weighted by Crippen LogP contribution is -2.07. The Labute approximate surface area is 64.5 Å². The van der Waals surface area contributed by atoms with Crippen molar-refractivity contribution in [2.24, 2.45) is 11.8 Å². The molecule has 0 saturated carbocycles. The van der Waals surface area contributed by atoms with Gasteiger partial charge in [0, 0.05) is 6.61 Å². The van der Waals surface area contributed by atoms with E-state index < -0.39 is 0 Å². The number of aliphatic hydroxyl groups excluding tert-OH is 1. The zero-order chi connectivity index (χ0) is 7.98. The summed E-state index contributed by atoms with van der Waals surface area (Å²) in [6.45, 7) is 6.89. The Morgan fingerprint density at radius 2 is 1.70 bits per heavy atom. The van der Waals surface area contributed by atoms with Gasteiger partial charge in [-0.2, -0.15) is 0 Å². The van der Waals surface area contributed by atoms with E-state index in [2.05, 4.69) is 20.8 Å². The molecule has 0 radical (unpaired) electrons. The lowest BCUT2D eigenvalue weighted by Gasteiger charge is -2.15. The molecule has 0 rings (SSSR count). The fourth-order valence-electron chi connectivity index (χ4n) is 1.27. The molecule has 1 unspecified atom stereocenters. The number of hydrogen-bond acceptors (Lipinski definition) is 1. The summed E-state index contributed by atoms with van der Waals surface area (Å²) < 4.78 is 0. The molecule has 10 heavy (non-hydrogen) atoms. The predicted molar refractivity (Wildman–Crippen MR) is 44.9 cm³/mol. The molecule has 0 saturated heterocycles. The Kier molecular flexibility index (Phi) is 5.70. The minimum Gasteiger partial charge on any atom is -0.396 e. The predicted octanol–water partition coefficient (Wildman–Crippen LogP) is 2.44. The minimum absolute atomic E-state index is 0.344. The Morgan fingerprint density at radius 1 is 1.20 bits per heavy atom. The lowest BCUT2D eigenvalue weighted by molar-refractivity contribution is 0.209. The largest absolute Gasteiger partial charge is 0.396 e. The number of hydrogen-bond donors (Lipinski definition) is 1. The summed E-state index contributed by atoms with van der Waals surface area (Å²) >= 11 is 0. The van der Waals surface area contributed by atoms with Crippen LogP contribution in [-0.4, -0.2) is 11.7 Å². The van der Waals surface area contributed by atoms with Crippen LogP contribution in [0, 0.1) is 11.8 Å². The maximum Gasteiger partial charge on any atom is 0.0456 e. The third-order valence-corrected chi connectivity index (χ3v) is 2.20. The summed E-state index contributed by atoms with van der Waals surface area (Å²) in [5.74, 6) is 1.31. The standard InChI is InChI=1S/C9H20O/c1-4-9(5-2)6-8(3)7-10/h8-10H,4-7H2,1-3H3. The topological polar surface area (TPSA) is 20.2 Å². The van der Waals surface area contributed by atoms with Crippen LogP contribution < -0.4 is 0 Å². The van der Waals surface area contributed by atoms with Crippen molar-refractivity contribution >= 4 is 0 Å². The van der Waals surface area contributed by atoms with E-state index in [0.29, 0.717) is 12.5 Å². The second-order valence-corrected chi connectivity index (χ2v) is 3.21. The smallest absolute Gasteiger partial charge is 0.0456 e. The van der Waals surface area contributed by atoms with E-state index in [0.717, 1.165) is 5.92 Å². The van der Waals surface area contributed by atoms with Gasteiger partial charge < -0.3 is 5.11 Å². The summed E-state index contributed by atoms with van der Waals surface area (Å²) in [6.07, 6.45) is 3.69. The fraction of sp³-hybridized carbons (Fsp3) is 1.00. The molecular weight excluding hydrogens is 124 g/mol. The molecule has 0 heterocycles. The van der Waals surface area contributed by atoms with Gasteiger partial charge in [0.1, 0.15) is 0 Å². The first-order valence-corrected chi connectivity index (χ1v) is 4.35. The van der Waals surface area contributed by atoms with Gasteiger partial charge in [-0.15, -0.1) is 0 Å². The quantitative estimate of drug-likeness (QED) is 0.628. The van der Waals surface area contributed by atoms with Crippen LogP contribution in [0.1, 0.15) is 40.0 Å². The van der Waals surface area contributed by atoms with Crippen molar-refractivity contribution in [3.63, 3.8) is 0 Å². The van der Waals surface area contributed by atoms with E-state index >= 15 is 0 Å². The summed E-state index contributed by atoms with van der Waals surface area (Å²) in [7, 11) is 0. The van der Waals surface area contributed by atoms with E-state index in [1.54, 1.807) is 0 Å². The van der Waals surface area contributed by atoms with Gasteiger partial charge in [0.15, 0.2) is 0 Å². The van der Waals surface area contributed by atoms with Crippen molar-refractivity contribution in [1.29, 1.82) is 0 Å².